The number of piperazine rings is 1. The fourth-order valence-electron chi connectivity index (χ4n) is 4.53. The Bertz CT molecular complexity index is 861. The number of aromatic nitrogens is 3. The Morgan fingerprint density at radius 1 is 1.19 bits per heavy atom. The van der Waals surface area contributed by atoms with Crippen LogP contribution in [0.2, 0.25) is 0 Å². The molecule has 8 heteroatoms. The molecule has 2 saturated heterocycles. The molecule has 2 aromatic rings. The minimum Gasteiger partial charge on any atom is -0.355 e. The van der Waals surface area contributed by atoms with Crippen LogP contribution in [0.25, 0.3) is 11.4 Å². The van der Waals surface area contributed by atoms with Crippen molar-refractivity contribution in [1.29, 1.82) is 0 Å². The summed E-state index contributed by atoms with van der Waals surface area (Å²) in [5.41, 5.74) is 0.864. The van der Waals surface area contributed by atoms with Crippen LogP contribution >= 0.6 is 0 Å². The van der Waals surface area contributed by atoms with Crippen LogP contribution in [-0.2, 0) is 11.2 Å². The van der Waals surface area contributed by atoms with Crippen molar-refractivity contribution in [3.63, 3.8) is 0 Å². The second kappa shape index (κ2) is 10.2. The van der Waals surface area contributed by atoms with Gasteiger partial charge in [0.05, 0.1) is 11.5 Å². The highest BCUT2D eigenvalue weighted by Gasteiger charge is 2.32. The van der Waals surface area contributed by atoms with Gasteiger partial charge in [0, 0.05) is 51.9 Å². The lowest BCUT2D eigenvalue weighted by atomic mass is 9.95. The zero-order valence-electron chi connectivity index (χ0n) is 18.8. The Morgan fingerprint density at radius 3 is 2.77 bits per heavy atom. The Kier molecular flexibility index (Phi) is 7.17. The van der Waals surface area contributed by atoms with E-state index in [-0.39, 0.29) is 5.92 Å². The van der Waals surface area contributed by atoms with Crippen molar-refractivity contribution in [1.82, 2.24) is 24.9 Å². The number of hydrogen-bond acceptors (Lipinski definition) is 7. The number of piperidine rings is 1. The third-order valence-electron chi connectivity index (χ3n) is 6.38. The van der Waals surface area contributed by atoms with Gasteiger partial charge in [0.2, 0.25) is 17.6 Å². The molecule has 0 radical (unpaired) electrons. The van der Waals surface area contributed by atoms with Gasteiger partial charge in [-0.05, 0) is 37.9 Å². The smallest absolute Gasteiger partial charge is 0.227 e. The van der Waals surface area contributed by atoms with Crippen molar-refractivity contribution in [3.05, 3.63) is 24.2 Å². The van der Waals surface area contributed by atoms with Crippen molar-refractivity contribution in [3.8, 4) is 11.4 Å². The Labute approximate surface area is 184 Å². The molecular weight excluding hydrogens is 392 g/mol. The van der Waals surface area contributed by atoms with Crippen LogP contribution in [0.3, 0.4) is 0 Å². The molecule has 31 heavy (non-hydrogen) atoms. The number of hydrogen-bond donors (Lipinski definition) is 0. The first-order valence-electron chi connectivity index (χ1n) is 11.7. The molecule has 2 aliphatic rings. The first-order chi connectivity index (χ1) is 15.2. The van der Waals surface area contributed by atoms with E-state index in [4.69, 9.17) is 4.52 Å². The number of carbonyl (C=O) groups is 1. The Morgan fingerprint density at radius 2 is 2.03 bits per heavy atom. The van der Waals surface area contributed by atoms with Gasteiger partial charge in [0.15, 0.2) is 0 Å². The van der Waals surface area contributed by atoms with Crippen molar-refractivity contribution >= 4 is 11.7 Å². The van der Waals surface area contributed by atoms with Crippen molar-refractivity contribution in [2.24, 2.45) is 5.92 Å². The summed E-state index contributed by atoms with van der Waals surface area (Å²) in [5, 5.41) is 4.14. The molecule has 2 fully saturated rings. The van der Waals surface area contributed by atoms with Crippen molar-refractivity contribution in [2.45, 2.75) is 46.0 Å². The summed E-state index contributed by atoms with van der Waals surface area (Å²) in [4.78, 5) is 29.2. The molecule has 4 rings (SSSR count). The summed E-state index contributed by atoms with van der Waals surface area (Å²) in [6, 6.07) is 3.87. The van der Waals surface area contributed by atoms with Crippen molar-refractivity contribution in [2.75, 3.05) is 50.7 Å². The van der Waals surface area contributed by atoms with Gasteiger partial charge in [-0.2, -0.15) is 4.98 Å². The minimum absolute atomic E-state index is 0.0160. The lowest BCUT2D eigenvalue weighted by Gasteiger charge is -2.39. The van der Waals surface area contributed by atoms with Crippen LogP contribution in [0.15, 0.2) is 22.9 Å². The van der Waals surface area contributed by atoms with E-state index >= 15 is 0 Å². The van der Waals surface area contributed by atoms with E-state index in [0.29, 0.717) is 30.6 Å². The predicted octanol–water partition coefficient (Wildman–Crippen LogP) is 2.85. The number of aryl methyl sites for hydroxylation is 1. The second-order valence-electron chi connectivity index (χ2n) is 8.55. The van der Waals surface area contributed by atoms with Gasteiger partial charge in [0.1, 0.15) is 5.82 Å². The van der Waals surface area contributed by atoms with Crippen LogP contribution in [0.4, 0.5) is 5.82 Å². The third-order valence-corrected chi connectivity index (χ3v) is 6.38. The molecule has 0 spiro atoms. The van der Waals surface area contributed by atoms with Gasteiger partial charge in [-0.1, -0.05) is 25.4 Å². The zero-order valence-corrected chi connectivity index (χ0v) is 18.8. The Balaban J connectivity index is 1.42. The van der Waals surface area contributed by atoms with Crippen LogP contribution in [0.5, 0.6) is 0 Å². The van der Waals surface area contributed by atoms with E-state index in [1.54, 1.807) is 6.20 Å². The minimum atomic E-state index is 0.0160. The molecule has 2 aromatic heterocycles. The van der Waals surface area contributed by atoms with Crippen LogP contribution in [0.1, 0.15) is 45.4 Å². The van der Waals surface area contributed by atoms with Gasteiger partial charge in [-0.15, -0.1) is 0 Å². The molecular formula is C23H34N6O2. The number of carbonyl (C=O) groups excluding carboxylic acids is 1. The van der Waals surface area contributed by atoms with Gasteiger partial charge >= 0.3 is 0 Å². The molecule has 168 valence electrons. The molecule has 0 N–H and O–H groups in total. The number of pyridine rings is 1. The molecule has 4 heterocycles. The summed E-state index contributed by atoms with van der Waals surface area (Å²) < 4.78 is 5.31. The van der Waals surface area contributed by atoms with Crippen molar-refractivity contribution < 1.29 is 9.32 Å². The topological polar surface area (TPSA) is 78.6 Å². The summed E-state index contributed by atoms with van der Waals surface area (Å²) in [6.45, 7) is 10.6. The SMILES string of the molecule is CCCCN1CCN(C(=O)[C@@H]2CCCN(c3ncccc3-c3noc(CC)n3)C2)CC1. The molecule has 0 bridgehead atoms. The largest absolute Gasteiger partial charge is 0.355 e. The van der Waals surface area contributed by atoms with Crippen LogP contribution < -0.4 is 4.90 Å². The van der Waals surface area contributed by atoms with E-state index in [0.717, 1.165) is 63.5 Å². The zero-order chi connectivity index (χ0) is 21.6. The molecule has 8 nitrogen and oxygen atoms in total. The quantitative estimate of drug-likeness (QED) is 0.674. The van der Waals surface area contributed by atoms with Gasteiger partial charge in [-0.3, -0.25) is 9.69 Å². The van der Waals surface area contributed by atoms with E-state index in [1.165, 1.54) is 12.8 Å². The number of anilines is 1. The molecule has 1 atom stereocenters. The highest BCUT2D eigenvalue weighted by molar-refractivity contribution is 5.80. The maximum atomic E-state index is 13.3. The van der Waals surface area contributed by atoms with E-state index in [2.05, 4.69) is 36.7 Å². The first kappa shape index (κ1) is 21.7. The predicted molar refractivity (Wildman–Crippen MR) is 120 cm³/mol. The fraction of sp³-hybridized carbons (Fsp3) is 0.652. The van der Waals surface area contributed by atoms with Crippen LogP contribution in [0, 0.1) is 5.92 Å². The number of nitrogens with zero attached hydrogens (tertiary/aromatic N) is 6. The molecule has 2 aliphatic heterocycles. The number of amides is 1. The number of rotatable bonds is 7. The summed E-state index contributed by atoms with van der Waals surface area (Å²) >= 11 is 0. The average molecular weight is 427 g/mol. The normalized spacial score (nSPS) is 20.3. The molecule has 1 amide bonds. The van der Waals surface area contributed by atoms with Crippen LogP contribution in [-0.4, -0.2) is 76.6 Å². The lowest BCUT2D eigenvalue weighted by Crippen LogP contribution is -2.52. The molecule has 0 aliphatic carbocycles. The summed E-state index contributed by atoms with van der Waals surface area (Å²) in [7, 11) is 0. The first-order valence-corrected chi connectivity index (χ1v) is 11.7. The second-order valence-corrected chi connectivity index (χ2v) is 8.55. The van der Waals surface area contributed by atoms with Gasteiger partial charge < -0.3 is 14.3 Å². The van der Waals surface area contributed by atoms with E-state index in [1.807, 2.05) is 19.1 Å². The maximum Gasteiger partial charge on any atom is 0.227 e. The monoisotopic (exact) mass is 426 g/mol. The number of unbranched alkanes of at least 4 members (excludes halogenated alkanes) is 1. The summed E-state index contributed by atoms with van der Waals surface area (Å²) in [5.74, 6) is 2.34. The molecule has 0 saturated carbocycles. The lowest BCUT2D eigenvalue weighted by molar-refractivity contribution is -0.137. The van der Waals surface area contributed by atoms with E-state index < -0.39 is 0 Å². The fourth-order valence-corrected chi connectivity index (χ4v) is 4.53. The highest BCUT2D eigenvalue weighted by Crippen LogP contribution is 2.30. The highest BCUT2D eigenvalue weighted by atomic mass is 16.5. The Hall–Kier alpha value is -2.48. The maximum absolute atomic E-state index is 13.3. The summed E-state index contributed by atoms with van der Waals surface area (Å²) in [6.07, 6.45) is 6.87. The van der Waals surface area contributed by atoms with E-state index in [9.17, 15) is 4.79 Å². The molecule has 0 unspecified atom stereocenters. The average Bonchev–Trinajstić information content (AvgIpc) is 3.32. The molecule has 0 aromatic carbocycles. The van der Waals surface area contributed by atoms with Gasteiger partial charge in [0.25, 0.3) is 0 Å². The standard InChI is InChI=1S/C23H34N6O2/c1-3-5-11-27-13-15-28(16-14-27)23(30)18-8-7-12-29(17-18)22-19(9-6-10-24-22)21-25-20(4-2)31-26-21/h6,9-10,18H,3-5,7-8,11-17H2,1-2H3/t18-/m1/s1. The third kappa shape index (κ3) is 5.06. The van der Waals surface area contributed by atoms with Gasteiger partial charge in [-0.25, -0.2) is 4.98 Å².